The SMILES string of the molecule is CCC(C(=O)O)N(C)C(=O)NCc1ccccc1OC. The summed E-state index contributed by atoms with van der Waals surface area (Å²) < 4.78 is 5.19. The number of methoxy groups -OCH3 is 1. The third kappa shape index (κ3) is 3.88. The average molecular weight is 280 g/mol. The van der Waals surface area contributed by atoms with Gasteiger partial charge in [-0.1, -0.05) is 25.1 Å². The van der Waals surface area contributed by atoms with E-state index in [-0.39, 0.29) is 6.54 Å². The van der Waals surface area contributed by atoms with E-state index in [1.165, 1.54) is 11.9 Å². The molecule has 0 spiro atoms. The van der Waals surface area contributed by atoms with Crippen LogP contribution in [0.4, 0.5) is 4.79 Å². The first-order chi connectivity index (χ1) is 9.51. The number of carbonyl (C=O) groups is 2. The van der Waals surface area contributed by atoms with Gasteiger partial charge < -0.3 is 20.1 Å². The summed E-state index contributed by atoms with van der Waals surface area (Å²) >= 11 is 0. The lowest BCUT2D eigenvalue weighted by Gasteiger charge is -2.24. The van der Waals surface area contributed by atoms with E-state index in [1.54, 1.807) is 20.1 Å². The molecule has 20 heavy (non-hydrogen) atoms. The third-order valence-electron chi connectivity index (χ3n) is 3.08. The molecule has 1 aromatic rings. The fraction of sp³-hybridized carbons (Fsp3) is 0.429. The highest BCUT2D eigenvalue weighted by atomic mass is 16.5. The molecule has 0 aliphatic heterocycles. The van der Waals surface area contributed by atoms with Gasteiger partial charge in [0, 0.05) is 19.2 Å². The predicted octanol–water partition coefficient (Wildman–Crippen LogP) is 1.70. The van der Waals surface area contributed by atoms with Gasteiger partial charge in [0.15, 0.2) is 0 Å². The zero-order valence-electron chi connectivity index (χ0n) is 11.9. The molecule has 6 heteroatoms. The summed E-state index contributed by atoms with van der Waals surface area (Å²) in [5.74, 6) is -0.330. The highest BCUT2D eigenvalue weighted by Gasteiger charge is 2.24. The van der Waals surface area contributed by atoms with Crippen molar-refractivity contribution in [1.29, 1.82) is 0 Å². The number of urea groups is 1. The summed E-state index contributed by atoms with van der Waals surface area (Å²) in [6.45, 7) is 2.01. The van der Waals surface area contributed by atoms with Crippen LogP contribution in [0.2, 0.25) is 0 Å². The van der Waals surface area contributed by atoms with Crippen molar-refractivity contribution in [1.82, 2.24) is 10.2 Å². The number of rotatable bonds is 6. The van der Waals surface area contributed by atoms with Crippen LogP contribution in [0.1, 0.15) is 18.9 Å². The van der Waals surface area contributed by atoms with Gasteiger partial charge in [0.05, 0.1) is 7.11 Å². The van der Waals surface area contributed by atoms with Gasteiger partial charge in [-0.05, 0) is 12.5 Å². The van der Waals surface area contributed by atoms with E-state index < -0.39 is 18.0 Å². The number of carboxylic acids is 1. The maximum absolute atomic E-state index is 11.9. The van der Waals surface area contributed by atoms with Crippen LogP contribution >= 0.6 is 0 Å². The van der Waals surface area contributed by atoms with Gasteiger partial charge in [-0.3, -0.25) is 0 Å². The van der Waals surface area contributed by atoms with Crippen LogP contribution in [0.5, 0.6) is 5.75 Å². The van der Waals surface area contributed by atoms with Crippen LogP contribution in [-0.4, -0.2) is 42.2 Å². The molecule has 0 aromatic heterocycles. The summed E-state index contributed by atoms with van der Waals surface area (Å²) in [4.78, 5) is 24.1. The van der Waals surface area contributed by atoms with E-state index in [4.69, 9.17) is 9.84 Å². The zero-order valence-corrected chi connectivity index (χ0v) is 11.9. The quantitative estimate of drug-likeness (QED) is 0.831. The van der Waals surface area contributed by atoms with Crippen LogP contribution in [-0.2, 0) is 11.3 Å². The van der Waals surface area contributed by atoms with Crippen molar-refractivity contribution in [3.8, 4) is 5.75 Å². The third-order valence-corrected chi connectivity index (χ3v) is 3.08. The van der Waals surface area contributed by atoms with Gasteiger partial charge in [-0.2, -0.15) is 0 Å². The molecule has 0 saturated carbocycles. The van der Waals surface area contributed by atoms with Gasteiger partial charge in [0.2, 0.25) is 0 Å². The van der Waals surface area contributed by atoms with Gasteiger partial charge in [-0.25, -0.2) is 9.59 Å². The van der Waals surface area contributed by atoms with E-state index in [2.05, 4.69) is 5.32 Å². The average Bonchev–Trinajstić information content (AvgIpc) is 2.45. The van der Waals surface area contributed by atoms with Crippen molar-refractivity contribution in [2.24, 2.45) is 0 Å². The number of para-hydroxylation sites is 1. The number of hydrogen-bond donors (Lipinski definition) is 2. The molecule has 110 valence electrons. The van der Waals surface area contributed by atoms with Crippen LogP contribution in [0.15, 0.2) is 24.3 Å². The number of nitrogens with zero attached hydrogens (tertiary/aromatic N) is 1. The second-order valence-corrected chi connectivity index (χ2v) is 4.34. The van der Waals surface area contributed by atoms with Gasteiger partial charge in [0.1, 0.15) is 11.8 Å². The Morgan fingerprint density at radius 3 is 2.60 bits per heavy atom. The fourth-order valence-electron chi connectivity index (χ4n) is 1.90. The molecule has 1 atom stereocenters. The molecule has 0 saturated heterocycles. The minimum Gasteiger partial charge on any atom is -0.496 e. The number of carboxylic acid groups (broad SMARTS) is 1. The lowest BCUT2D eigenvalue weighted by atomic mass is 10.2. The first-order valence-corrected chi connectivity index (χ1v) is 6.36. The van der Waals surface area contributed by atoms with Gasteiger partial charge in [0.25, 0.3) is 0 Å². The summed E-state index contributed by atoms with van der Waals surface area (Å²) in [7, 11) is 3.03. The van der Waals surface area contributed by atoms with Crippen LogP contribution in [0.25, 0.3) is 0 Å². The Labute approximate surface area is 118 Å². The molecule has 0 heterocycles. The lowest BCUT2D eigenvalue weighted by molar-refractivity contribution is -0.141. The number of likely N-dealkylation sites (N-methyl/N-ethyl adjacent to an activating group) is 1. The van der Waals surface area contributed by atoms with Crippen molar-refractivity contribution in [3.05, 3.63) is 29.8 Å². The maximum Gasteiger partial charge on any atom is 0.326 e. The Hall–Kier alpha value is -2.24. The molecule has 1 aromatic carbocycles. The van der Waals surface area contributed by atoms with Crippen molar-refractivity contribution < 1.29 is 19.4 Å². The smallest absolute Gasteiger partial charge is 0.326 e. The number of aliphatic carboxylic acids is 1. The summed E-state index contributed by atoms with van der Waals surface area (Å²) in [6, 6.07) is 6.08. The highest BCUT2D eigenvalue weighted by Crippen LogP contribution is 2.16. The number of carbonyl (C=O) groups excluding carboxylic acids is 1. The topological polar surface area (TPSA) is 78.9 Å². The van der Waals surface area contributed by atoms with Crippen molar-refractivity contribution >= 4 is 12.0 Å². The molecular formula is C14H20N2O4. The van der Waals surface area contributed by atoms with Crippen molar-refractivity contribution in [2.75, 3.05) is 14.2 Å². The van der Waals surface area contributed by atoms with E-state index in [1.807, 2.05) is 18.2 Å². The summed E-state index contributed by atoms with van der Waals surface area (Å²) in [5, 5.41) is 11.7. The minimum atomic E-state index is -1.01. The van der Waals surface area contributed by atoms with Crippen molar-refractivity contribution in [3.63, 3.8) is 0 Å². The van der Waals surface area contributed by atoms with Gasteiger partial charge >= 0.3 is 12.0 Å². The number of hydrogen-bond acceptors (Lipinski definition) is 3. The standard InChI is InChI=1S/C14H20N2O4/c1-4-11(13(17)18)16(2)14(19)15-9-10-7-5-6-8-12(10)20-3/h5-8,11H,4,9H2,1-3H3,(H,15,19)(H,17,18). The Kier molecular flexibility index (Phi) is 5.83. The highest BCUT2D eigenvalue weighted by molar-refractivity contribution is 5.82. The molecule has 1 rings (SSSR count). The number of benzene rings is 1. The molecule has 0 aliphatic carbocycles. The minimum absolute atomic E-state index is 0.281. The Morgan fingerprint density at radius 2 is 2.05 bits per heavy atom. The number of amides is 2. The summed E-state index contributed by atoms with van der Waals surface area (Å²) in [6.07, 6.45) is 0.355. The molecule has 0 bridgehead atoms. The first kappa shape index (κ1) is 15.8. The van der Waals surface area contributed by atoms with E-state index in [9.17, 15) is 9.59 Å². The Morgan fingerprint density at radius 1 is 1.40 bits per heavy atom. The molecule has 2 N–H and O–H groups in total. The Balaban J connectivity index is 2.65. The monoisotopic (exact) mass is 280 g/mol. The molecule has 0 radical (unpaired) electrons. The fourth-order valence-corrected chi connectivity index (χ4v) is 1.90. The molecule has 0 aliphatic rings. The van der Waals surface area contributed by atoms with E-state index >= 15 is 0 Å². The first-order valence-electron chi connectivity index (χ1n) is 6.36. The van der Waals surface area contributed by atoms with Crippen molar-refractivity contribution in [2.45, 2.75) is 25.9 Å². The molecule has 1 unspecified atom stereocenters. The molecule has 2 amide bonds. The largest absolute Gasteiger partial charge is 0.496 e. The second kappa shape index (κ2) is 7.37. The predicted molar refractivity (Wildman–Crippen MR) is 74.7 cm³/mol. The molecule has 0 fully saturated rings. The lowest BCUT2D eigenvalue weighted by Crippen LogP contribution is -2.46. The number of nitrogens with one attached hydrogen (secondary N) is 1. The van der Waals surface area contributed by atoms with Crippen LogP contribution < -0.4 is 10.1 Å². The Bertz CT molecular complexity index is 476. The van der Waals surface area contributed by atoms with Crippen LogP contribution in [0, 0.1) is 0 Å². The summed E-state index contributed by atoms with van der Waals surface area (Å²) in [5.41, 5.74) is 0.833. The molecule has 6 nitrogen and oxygen atoms in total. The molecular weight excluding hydrogens is 260 g/mol. The number of ether oxygens (including phenoxy) is 1. The second-order valence-electron chi connectivity index (χ2n) is 4.34. The van der Waals surface area contributed by atoms with E-state index in [0.717, 1.165) is 5.56 Å². The van der Waals surface area contributed by atoms with Gasteiger partial charge in [-0.15, -0.1) is 0 Å². The zero-order chi connectivity index (χ0) is 15.1. The van der Waals surface area contributed by atoms with E-state index in [0.29, 0.717) is 12.2 Å². The normalized spacial score (nSPS) is 11.6. The van der Waals surface area contributed by atoms with Crippen LogP contribution in [0.3, 0.4) is 0 Å². The maximum atomic E-state index is 11.9.